The lowest BCUT2D eigenvalue weighted by atomic mass is 9.91. The van der Waals surface area contributed by atoms with E-state index < -0.39 is 0 Å². The Balaban J connectivity index is 0.840. The lowest BCUT2D eigenvalue weighted by Crippen LogP contribution is -1.90. The molecular formula is C64H50. The van der Waals surface area contributed by atoms with Gasteiger partial charge in [0.25, 0.3) is 0 Å². The van der Waals surface area contributed by atoms with Gasteiger partial charge in [0.2, 0.25) is 0 Å². The molecule has 9 rings (SSSR count). The summed E-state index contributed by atoms with van der Waals surface area (Å²) in [6.07, 6.45) is 13.3. The minimum absolute atomic E-state index is 1.17. The Morgan fingerprint density at radius 1 is 0.266 bits per heavy atom. The summed E-state index contributed by atoms with van der Waals surface area (Å²) in [5.41, 5.74) is 21.8. The van der Waals surface area contributed by atoms with Crippen molar-refractivity contribution in [2.24, 2.45) is 0 Å². The van der Waals surface area contributed by atoms with Crippen molar-refractivity contribution in [2.45, 2.75) is 13.8 Å². The standard InChI is InChI=1S/C64H50/c1-47-43-62(60-41-37-52(38-42-60)26-24-50-29-33-54(34-30-50)46-64(57-19-11-5-12-20-57)58-21-13-6-14-22-58)48(2)44-61(47)59-39-35-51(36-40-59)25-23-49-27-31-53(32-28-49)45-63(55-15-7-3-8-16-55)56-17-9-4-10-18-56/h3-46H,1-2H3/b25-23+,26-24+. The predicted molar refractivity (Wildman–Crippen MR) is 277 cm³/mol. The minimum Gasteiger partial charge on any atom is -0.0622 e. The van der Waals surface area contributed by atoms with Crippen LogP contribution in [0.5, 0.6) is 0 Å². The number of hydrogen-bond acceptors (Lipinski definition) is 0. The largest absolute Gasteiger partial charge is 0.0622 e. The monoisotopic (exact) mass is 818 g/mol. The molecular weight excluding hydrogens is 769 g/mol. The van der Waals surface area contributed by atoms with Crippen molar-refractivity contribution in [3.05, 3.63) is 297 Å². The quantitative estimate of drug-likeness (QED) is 0.108. The van der Waals surface area contributed by atoms with Gasteiger partial charge in [0.1, 0.15) is 0 Å². The maximum atomic E-state index is 2.34. The van der Waals surface area contributed by atoms with Crippen LogP contribution in [0.4, 0.5) is 0 Å². The fourth-order valence-electron chi connectivity index (χ4n) is 8.25. The van der Waals surface area contributed by atoms with E-state index in [1.54, 1.807) is 0 Å². The van der Waals surface area contributed by atoms with Crippen LogP contribution in [0.15, 0.2) is 231 Å². The number of aryl methyl sites for hydroxylation is 2. The van der Waals surface area contributed by atoms with E-state index >= 15 is 0 Å². The first-order valence-electron chi connectivity index (χ1n) is 22.1. The highest BCUT2D eigenvalue weighted by molar-refractivity contribution is 5.92. The Labute approximate surface area is 379 Å². The van der Waals surface area contributed by atoms with Crippen LogP contribution in [-0.2, 0) is 0 Å². The SMILES string of the molecule is Cc1cc(-c2ccc(/C=C/c3ccc(C=C(c4ccccc4)c4ccccc4)cc3)cc2)c(C)cc1-c1ccc(/C=C/c2ccc(C=C(c3ccccc3)c3ccccc3)cc2)cc1. The van der Waals surface area contributed by atoms with Crippen molar-refractivity contribution in [1.82, 2.24) is 0 Å². The second kappa shape index (κ2) is 19.8. The maximum absolute atomic E-state index is 2.34. The van der Waals surface area contributed by atoms with Crippen LogP contribution in [0, 0.1) is 13.8 Å². The van der Waals surface area contributed by atoms with Crippen molar-refractivity contribution in [3.8, 4) is 22.3 Å². The molecule has 0 aliphatic carbocycles. The van der Waals surface area contributed by atoms with E-state index in [1.807, 2.05) is 0 Å². The third-order valence-corrected chi connectivity index (χ3v) is 11.8. The van der Waals surface area contributed by atoms with Crippen LogP contribution in [0.3, 0.4) is 0 Å². The van der Waals surface area contributed by atoms with Crippen LogP contribution in [0.2, 0.25) is 0 Å². The molecule has 0 amide bonds. The lowest BCUT2D eigenvalue weighted by Gasteiger charge is -2.13. The maximum Gasteiger partial charge on any atom is -0.0105 e. The summed E-state index contributed by atoms with van der Waals surface area (Å²) in [5, 5.41) is 0. The normalized spacial score (nSPS) is 11.2. The smallest absolute Gasteiger partial charge is 0.0105 e. The van der Waals surface area contributed by atoms with Gasteiger partial charge in [0, 0.05) is 0 Å². The molecule has 0 spiro atoms. The zero-order valence-corrected chi connectivity index (χ0v) is 36.4. The molecule has 0 unspecified atom stereocenters. The topological polar surface area (TPSA) is 0 Å². The molecule has 0 fully saturated rings. The molecule has 0 atom stereocenters. The Morgan fingerprint density at radius 2 is 0.500 bits per heavy atom. The van der Waals surface area contributed by atoms with Crippen LogP contribution in [0.25, 0.3) is 69.9 Å². The van der Waals surface area contributed by atoms with Crippen molar-refractivity contribution in [1.29, 1.82) is 0 Å². The summed E-state index contributed by atoms with van der Waals surface area (Å²) >= 11 is 0. The predicted octanol–water partition coefficient (Wildman–Crippen LogP) is 17.2. The Kier molecular flexibility index (Phi) is 12.8. The fourth-order valence-corrected chi connectivity index (χ4v) is 8.25. The van der Waals surface area contributed by atoms with E-state index in [1.165, 1.54) is 100 Å². The highest BCUT2D eigenvalue weighted by Crippen LogP contribution is 2.33. The van der Waals surface area contributed by atoms with Crippen molar-refractivity contribution >= 4 is 47.6 Å². The van der Waals surface area contributed by atoms with Gasteiger partial charge >= 0.3 is 0 Å². The first-order valence-corrected chi connectivity index (χ1v) is 22.1. The highest BCUT2D eigenvalue weighted by atomic mass is 14.1. The van der Waals surface area contributed by atoms with Gasteiger partial charge in [-0.1, -0.05) is 255 Å². The average molecular weight is 819 g/mol. The number of benzene rings is 9. The summed E-state index contributed by atoms with van der Waals surface area (Å²) in [6.45, 7) is 4.44. The molecule has 0 N–H and O–H groups in total. The van der Waals surface area contributed by atoms with Crippen molar-refractivity contribution in [2.75, 3.05) is 0 Å². The molecule has 0 saturated heterocycles. The second-order valence-corrected chi connectivity index (χ2v) is 16.3. The first-order chi connectivity index (χ1) is 31.5. The van der Waals surface area contributed by atoms with Crippen LogP contribution in [-0.4, -0.2) is 0 Å². The van der Waals surface area contributed by atoms with Crippen molar-refractivity contribution in [3.63, 3.8) is 0 Å². The van der Waals surface area contributed by atoms with Crippen molar-refractivity contribution < 1.29 is 0 Å². The molecule has 0 saturated carbocycles. The molecule has 0 heterocycles. The molecule has 0 aromatic heterocycles. The number of hydrogen-bond donors (Lipinski definition) is 0. The Morgan fingerprint density at radius 3 is 0.766 bits per heavy atom. The van der Waals surface area contributed by atoms with Crippen LogP contribution >= 0.6 is 0 Å². The molecule has 0 aliphatic heterocycles. The summed E-state index contributed by atoms with van der Waals surface area (Å²) in [5.74, 6) is 0. The third kappa shape index (κ3) is 10.2. The van der Waals surface area contributed by atoms with E-state index in [2.05, 4.69) is 281 Å². The van der Waals surface area contributed by atoms with Gasteiger partial charge in [-0.2, -0.15) is 0 Å². The van der Waals surface area contributed by atoms with Crippen LogP contribution < -0.4 is 0 Å². The Hall–Kier alpha value is -8.06. The van der Waals surface area contributed by atoms with Gasteiger partial charge in [-0.25, -0.2) is 0 Å². The first kappa shape index (κ1) is 41.3. The number of rotatable bonds is 12. The summed E-state index contributed by atoms with van der Waals surface area (Å²) < 4.78 is 0. The average Bonchev–Trinajstić information content (AvgIpc) is 3.36. The molecule has 306 valence electrons. The summed E-state index contributed by atoms with van der Waals surface area (Å²) in [6, 6.07) is 82.4. The Bertz CT molecular complexity index is 2760. The van der Waals surface area contributed by atoms with E-state index in [9.17, 15) is 0 Å². The van der Waals surface area contributed by atoms with E-state index in [0.717, 1.165) is 0 Å². The van der Waals surface area contributed by atoms with E-state index in [0.29, 0.717) is 0 Å². The zero-order chi connectivity index (χ0) is 43.5. The van der Waals surface area contributed by atoms with E-state index in [-0.39, 0.29) is 0 Å². The van der Waals surface area contributed by atoms with Crippen LogP contribution in [0.1, 0.15) is 66.8 Å². The van der Waals surface area contributed by atoms with Gasteiger partial charge in [-0.15, -0.1) is 0 Å². The third-order valence-electron chi connectivity index (χ3n) is 11.8. The van der Waals surface area contributed by atoms with E-state index in [4.69, 9.17) is 0 Å². The highest BCUT2D eigenvalue weighted by Gasteiger charge is 2.10. The fraction of sp³-hybridized carbons (Fsp3) is 0.0312. The van der Waals surface area contributed by atoms with Gasteiger partial charge in [-0.3, -0.25) is 0 Å². The molecule has 9 aromatic rings. The molecule has 0 radical (unpaired) electrons. The molecule has 0 heteroatoms. The zero-order valence-electron chi connectivity index (χ0n) is 36.4. The molecule has 0 nitrogen and oxygen atoms in total. The summed E-state index contributed by atoms with van der Waals surface area (Å²) in [4.78, 5) is 0. The van der Waals surface area contributed by atoms with Gasteiger partial charge < -0.3 is 0 Å². The molecule has 0 aliphatic rings. The molecule has 0 bridgehead atoms. The molecule has 64 heavy (non-hydrogen) atoms. The second-order valence-electron chi connectivity index (χ2n) is 16.3. The van der Waals surface area contributed by atoms with Gasteiger partial charge in [-0.05, 0) is 126 Å². The van der Waals surface area contributed by atoms with Gasteiger partial charge in [0.15, 0.2) is 0 Å². The summed E-state index contributed by atoms with van der Waals surface area (Å²) in [7, 11) is 0. The minimum atomic E-state index is 1.17. The van der Waals surface area contributed by atoms with Gasteiger partial charge in [0.05, 0.1) is 0 Å². The lowest BCUT2D eigenvalue weighted by molar-refractivity contribution is 1.38. The molecule has 9 aromatic carbocycles.